The number of ether oxygens (including phenoxy) is 2. The van der Waals surface area contributed by atoms with Crippen molar-refractivity contribution >= 4 is 17.4 Å². The van der Waals surface area contributed by atoms with E-state index in [1.54, 1.807) is 38.5 Å². The first-order chi connectivity index (χ1) is 11.7. The lowest BCUT2D eigenvalue weighted by Gasteiger charge is -2.16. The van der Waals surface area contributed by atoms with Crippen molar-refractivity contribution in [1.82, 2.24) is 9.97 Å². The molecule has 2 aromatic rings. The molecule has 1 saturated heterocycles. The van der Waals surface area contributed by atoms with E-state index in [4.69, 9.17) is 9.47 Å². The minimum atomic E-state index is -0.315. The van der Waals surface area contributed by atoms with Crippen LogP contribution >= 0.6 is 0 Å². The first-order valence-electron chi connectivity index (χ1n) is 7.81. The predicted molar refractivity (Wildman–Crippen MR) is 91.0 cm³/mol. The van der Waals surface area contributed by atoms with E-state index in [2.05, 4.69) is 20.2 Å². The number of anilines is 2. The van der Waals surface area contributed by atoms with Crippen molar-refractivity contribution in [1.29, 1.82) is 0 Å². The Kier molecular flexibility index (Phi) is 4.79. The number of nitrogens with zero attached hydrogens (tertiary/aromatic N) is 3. The fourth-order valence-corrected chi connectivity index (χ4v) is 2.69. The Hall–Kier alpha value is -2.83. The molecular formula is C17H20N4O3. The van der Waals surface area contributed by atoms with Gasteiger partial charge in [0.25, 0.3) is 5.91 Å². The zero-order valence-corrected chi connectivity index (χ0v) is 13.8. The van der Waals surface area contributed by atoms with Gasteiger partial charge in [-0.15, -0.1) is 0 Å². The zero-order valence-electron chi connectivity index (χ0n) is 13.8. The molecule has 1 aromatic heterocycles. The molecule has 0 unspecified atom stereocenters. The molecule has 126 valence electrons. The van der Waals surface area contributed by atoms with Crippen LogP contribution in [0.3, 0.4) is 0 Å². The van der Waals surface area contributed by atoms with E-state index < -0.39 is 0 Å². The Balaban J connectivity index is 1.81. The van der Waals surface area contributed by atoms with Crippen molar-refractivity contribution in [2.45, 2.75) is 12.8 Å². The minimum Gasteiger partial charge on any atom is -0.497 e. The number of aromatic nitrogens is 2. The summed E-state index contributed by atoms with van der Waals surface area (Å²) in [5, 5.41) is 2.82. The predicted octanol–water partition coefficient (Wildman–Crippen LogP) is 2.35. The highest BCUT2D eigenvalue weighted by molar-refractivity contribution is 6.04. The van der Waals surface area contributed by atoms with Crippen LogP contribution < -0.4 is 19.7 Å². The van der Waals surface area contributed by atoms with Gasteiger partial charge in [0.15, 0.2) is 0 Å². The van der Waals surface area contributed by atoms with Crippen LogP contribution in [0, 0.1) is 0 Å². The second-order valence-electron chi connectivity index (χ2n) is 5.48. The van der Waals surface area contributed by atoms with Crippen LogP contribution in [0.2, 0.25) is 0 Å². The summed E-state index contributed by atoms with van der Waals surface area (Å²) in [6.45, 7) is 1.92. The van der Waals surface area contributed by atoms with Crippen LogP contribution in [0.4, 0.5) is 11.5 Å². The largest absolute Gasteiger partial charge is 0.497 e. The van der Waals surface area contributed by atoms with Crippen molar-refractivity contribution in [3.8, 4) is 11.5 Å². The van der Waals surface area contributed by atoms with E-state index in [0.717, 1.165) is 31.7 Å². The number of hydrogen-bond acceptors (Lipinski definition) is 6. The van der Waals surface area contributed by atoms with Crippen molar-refractivity contribution in [3.05, 3.63) is 36.3 Å². The SMILES string of the molecule is COc1ccc(OC)c(NC(=O)c2cc(N3CCCC3)ncn2)c1. The smallest absolute Gasteiger partial charge is 0.274 e. The summed E-state index contributed by atoms with van der Waals surface area (Å²) in [5.74, 6) is 1.65. The van der Waals surface area contributed by atoms with Crippen LogP contribution in [-0.2, 0) is 0 Å². The fourth-order valence-electron chi connectivity index (χ4n) is 2.69. The van der Waals surface area contributed by atoms with Crippen molar-refractivity contribution < 1.29 is 14.3 Å². The maximum absolute atomic E-state index is 12.5. The first-order valence-corrected chi connectivity index (χ1v) is 7.81. The molecule has 1 aliphatic heterocycles. The van der Waals surface area contributed by atoms with Gasteiger partial charge in [0.05, 0.1) is 19.9 Å². The van der Waals surface area contributed by atoms with Crippen LogP contribution in [-0.4, -0.2) is 43.2 Å². The van der Waals surface area contributed by atoms with Gasteiger partial charge in [-0.25, -0.2) is 9.97 Å². The number of nitrogens with one attached hydrogen (secondary N) is 1. The van der Waals surface area contributed by atoms with Crippen molar-refractivity contribution in [2.24, 2.45) is 0 Å². The van der Waals surface area contributed by atoms with Gasteiger partial charge in [0.2, 0.25) is 0 Å². The highest BCUT2D eigenvalue weighted by atomic mass is 16.5. The monoisotopic (exact) mass is 328 g/mol. The van der Waals surface area contributed by atoms with Gasteiger partial charge in [-0.1, -0.05) is 0 Å². The highest BCUT2D eigenvalue weighted by Gasteiger charge is 2.17. The average molecular weight is 328 g/mol. The number of rotatable bonds is 5. The standard InChI is InChI=1S/C17H20N4O3/c1-23-12-5-6-15(24-2)13(9-12)20-17(22)14-10-16(19-11-18-14)21-7-3-4-8-21/h5-6,9-11H,3-4,7-8H2,1-2H3,(H,20,22). The van der Waals surface area contributed by atoms with Crippen LogP contribution in [0.1, 0.15) is 23.3 Å². The van der Waals surface area contributed by atoms with Gasteiger partial charge in [0.1, 0.15) is 29.3 Å². The molecule has 3 rings (SSSR count). The molecule has 0 saturated carbocycles. The molecular weight excluding hydrogens is 308 g/mol. The van der Waals surface area contributed by atoms with Crippen molar-refractivity contribution in [2.75, 3.05) is 37.5 Å². The Morgan fingerprint density at radius 1 is 1.12 bits per heavy atom. The molecule has 2 heterocycles. The zero-order chi connectivity index (χ0) is 16.9. The summed E-state index contributed by atoms with van der Waals surface area (Å²) in [5.41, 5.74) is 0.847. The van der Waals surface area contributed by atoms with E-state index >= 15 is 0 Å². The number of methoxy groups -OCH3 is 2. The lowest BCUT2D eigenvalue weighted by molar-refractivity contribution is 0.102. The highest BCUT2D eigenvalue weighted by Crippen LogP contribution is 2.29. The molecule has 7 nitrogen and oxygen atoms in total. The Bertz CT molecular complexity index is 730. The van der Waals surface area contributed by atoms with E-state index in [-0.39, 0.29) is 5.91 Å². The van der Waals surface area contributed by atoms with Crippen LogP contribution in [0.5, 0.6) is 11.5 Å². The summed E-state index contributed by atoms with van der Waals surface area (Å²) < 4.78 is 10.5. The Morgan fingerprint density at radius 3 is 2.62 bits per heavy atom. The van der Waals surface area contributed by atoms with Gasteiger partial charge in [-0.05, 0) is 25.0 Å². The third-order valence-corrected chi connectivity index (χ3v) is 3.97. The number of carbonyl (C=O) groups excluding carboxylic acids is 1. The summed E-state index contributed by atoms with van der Waals surface area (Å²) in [6, 6.07) is 6.93. The lowest BCUT2D eigenvalue weighted by Crippen LogP contribution is -2.21. The first kappa shape index (κ1) is 16.0. The molecule has 0 aliphatic carbocycles. The Labute approximate surface area is 140 Å². The van der Waals surface area contributed by atoms with Gasteiger partial charge in [0, 0.05) is 25.2 Å². The quantitative estimate of drug-likeness (QED) is 0.908. The molecule has 24 heavy (non-hydrogen) atoms. The Morgan fingerprint density at radius 2 is 1.92 bits per heavy atom. The molecule has 7 heteroatoms. The fraction of sp³-hybridized carbons (Fsp3) is 0.353. The van der Waals surface area contributed by atoms with E-state index in [9.17, 15) is 4.79 Å². The molecule has 1 fully saturated rings. The molecule has 1 aromatic carbocycles. The molecule has 0 atom stereocenters. The summed E-state index contributed by atoms with van der Waals surface area (Å²) in [7, 11) is 3.12. The maximum Gasteiger partial charge on any atom is 0.274 e. The summed E-state index contributed by atoms with van der Waals surface area (Å²) in [6.07, 6.45) is 3.71. The molecule has 1 aliphatic rings. The molecule has 1 amide bonds. The molecule has 1 N–H and O–H groups in total. The topological polar surface area (TPSA) is 76.6 Å². The van der Waals surface area contributed by atoms with Crippen LogP contribution in [0.15, 0.2) is 30.6 Å². The number of amides is 1. The van der Waals surface area contributed by atoms with Gasteiger partial charge < -0.3 is 19.7 Å². The lowest BCUT2D eigenvalue weighted by atomic mass is 10.2. The molecule has 0 radical (unpaired) electrons. The summed E-state index contributed by atoms with van der Waals surface area (Å²) >= 11 is 0. The molecule has 0 bridgehead atoms. The van der Waals surface area contributed by atoms with E-state index in [1.165, 1.54) is 6.33 Å². The van der Waals surface area contributed by atoms with Gasteiger partial charge in [-0.3, -0.25) is 4.79 Å². The van der Waals surface area contributed by atoms with E-state index in [0.29, 0.717) is 22.9 Å². The van der Waals surface area contributed by atoms with E-state index in [1.807, 2.05) is 0 Å². The summed E-state index contributed by atoms with van der Waals surface area (Å²) in [4.78, 5) is 23.0. The van der Waals surface area contributed by atoms with Crippen molar-refractivity contribution in [3.63, 3.8) is 0 Å². The maximum atomic E-state index is 12.5. The second-order valence-corrected chi connectivity index (χ2v) is 5.48. The third kappa shape index (κ3) is 3.40. The van der Waals surface area contributed by atoms with Crippen LogP contribution in [0.25, 0.3) is 0 Å². The molecule has 0 spiro atoms. The van der Waals surface area contributed by atoms with Gasteiger partial charge in [-0.2, -0.15) is 0 Å². The number of carbonyl (C=O) groups is 1. The number of benzene rings is 1. The normalized spacial score (nSPS) is 13.7. The van der Waals surface area contributed by atoms with Gasteiger partial charge >= 0.3 is 0 Å². The second kappa shape index (κ2) is 7.16. The third-order valence-electron chi connectivity index (χ3n) is 3.97. The minimum absolute atomic E-state index is 0.315. The average Bonchev–Trinajstić information content (AvgIpc) is 3.16. The number of hydrogen-bond donors (Lipinski definition) is 1.